The molecular weight excluding hydrogens is 434 g/mol. The summed E-state index contributed by atoms with van der Waals surface area (Å²) in [5.41, 5.74) is 8.86. The molecule has 2 aromatic carbocycles. The van der Waals surface area contributed by atoms with Crippen LogP contribution in [-0.4, -0.2) is 52.0 Å². The molecule has 2 aromatic heterocycles. The van der Waals surface area contributed by atoms with Crippen LogP contribution in [0.15, 0.2) is 66.7 Å². The molecule has 0 radical (unpaired) electrons. The highest BCUT2D eigenvalue weighted by Crippen LogP contribution is 2.25. The van der Waals surface area contributed by atoms with E-state index >= 15 is 0 Å². The number of methoxy groups -OCH3 is 1. The van der Waals surface area contributed by atoms with Crippen LogP contribution in [-0.2, 0) is 4.79 Å². The van der Waals surface area contributed by atoms with Crippen molar-refractivity contribution in [3.63, 3.8) is 0 Å². The lowest BCUT2D eigenvalue weighted by atomic mass is 10.0. The number of ether oxygens (including phenoxy) is 2. The first kappa shape index (κ1) is 21.8. The maximum atomic E-state index is 12.6. The van der Waals surface area contributed by atoms with Crippen LogP contribution in [0.1, 0.15) is 18.0 Å². The number of nitrogens with one attached hydrogen (secondary N) is 3. The van der Waals surface area contributed by atoms with E-state index in [1.54, 1.807) is 23.8 Å². The second kappa shape index (κ2) is 9.86. The number of rotatable bonds is 8. The van der Waals surface area contributed by atoms with Gasteiger partial charge in [0.1, 0.15) is 18.4 Å². The van der Waals surface area contributed by atoms with Crippen molar-refractivity contribution in [1.82, 2.24) is 36.0 Å². The Balaban J connectivity index is 1.13. The topological polar surface area (TPSA) is 115 Å². The van der Waals surface area contributed by atoms with Gasteiger partial charge in [0.25, 0.3) is 0 Å². The summed E-state index contributed by atoms with van der Waals surface area (Å²) in [6, 6.07) is 20.8. The molecule has 0 saturated carbocycles. The van der Waals surface area contributed by atoms with Gasteiger partial charge in [0, 0.05) is 17.7 Å². The Bertz CT molecular complexity index is 1280. The summed E-state index contributed by atoms with van der Waals surface area (Å²) in [6.07, 6.45) is 0.633. The molecule has 0 spiro atoms. The number of hydrazine groups is 1. The molecule has 174 valence electrons. The molecule has 10 heteroatoms. The third-order valence-corrected chi connectivity index (χ3v) is 5.64. The average Bonchev–Trinajstić information content (AvgIpc) is 3.55. The predicted molar refractivity (Wildman–Crippen MR) is 125 cm³/mol. The minimum Gasteiger partial charge on any atom is -0.497 e. The summed E-state index contributed by atoms with van der Waals surface area (Å²) in [7, 11) is 1.64. The van der Waals surface area contributed by atoms with E-state index in [0.29, 0.717) is 30.3 Å². The Morgan fingerprint density at radius 3 is 2.82 bits per heavy atom. The molecule has 0 aliphatic carbocycles. The fraction of sp³-hybridized carbons (Fsp3) is 0.250. The highest BCUT2D eigenvalue weighted by Gasteiger charge is 2.30. The molecule has 34 heavy (non-hydrogen) atoms. The molecule has 1 aliphatic heterocycles. The summed E-state index contributed by atoms with van der Waals surface area (Å²) in [5.74, 6) is 1.77. The van der Waals surface area contributed by atoms with E-state index in [4.69, 9.17) is 9.47 Å². The molecule has 1 saturated heterocycles. The monoisotopic (exact) mass is 459 g/mol. The SMILES string of the molecule is COc1cccc(C2CC(C(=O)NCCOc3ccc4nnc(-c5ccccc5)n4n3)NN2)c1. The van der Waals surface area contributed by atoms with Crippen LogP contribution >= 0.6 is 0 Å². The maximum absolute atomic E-state index is 12.6. The van der Waals surface area contributed by atoms with Gasteiger partial charge < -0.3 is 14.8 Å². The third-order valence-electron chi connectivity index (χ3n) is 5.64. The number of carbonyl (C=O) groups is 1. The van der Waals surface area contributed by atoms with Crippen LogP contribution in [0.3, 0.4) is 0 Å². The Labute approximate surface area is 196 Å². The number of benzene rings is 2. The third kappa shape index (κ3) is 4.68. The molecule has 4 aromatic rings. The number of hydrogen-bond acceptors (Lipinski definition) is 8. The van der Waals surface area contributed by atoms with Gasteiger partial charge in [0.05, 0.1) is 13.7 Å². The Kier molecular flexibility index (Phi) is 6.32. The summed E-state index contributed by atoms with van der Waals surface area (Å²) in [6.45, 7) is 0.640. The smallest absolute Gasteiger partial charge is 0.238 e. The van der Waals surface area contributed by atoms with Crippen molar-refractivity contribution in [3.8, 4) is 23.0 Å². The quantitative estimate of drug-likeness (QED) is 0.342. The molecule has 3 heterocycles. The van der Waals surface area contributed by atoms with Crippen molar-refractivity contribution in [3.05, 3.63) is 72.3 Å². The largest absolute Gasteiger partial charge is 0.497 e. The fourth-order valence-corrected chi connectivity index (χ4v) is 3.87. The van der Waals surface area contributed by atoms with Gasteiger partial charge >= 0.3 is 0 Å². The number of amides is 1. The highest BCUT2D eigenvalue weighted by molar-refractivity contribution is 5.82. The Hall–Kier alpha value is -4.02. The van der Waals surface area contributed by atoms with Crippen LogP contribution in [0.4, 0.5) is 0 Å². The van der Waals surface area contributed by atoms with Crippen LogP contribution in [0.2, 0.25) is 0 Å². The van der Waals surface area contributed by atoms with E-state index in [-0.39, 0.29) is 24.6 Å². The fourth-order valence-electron chi connectivity index (χ4n) is 3.87. The van der Waals surface area contributed by atoms with E-state index in [0.717, 1.165) is 16.9 Å². The average molecular weight is 460 g/mol. The lowest BCUT2D eigenvalue weighted by Gasteiger charge is -2.12. The van der Waals surface area contributed by atoms with E-state index in [2.05, 4.69) is 31.5 Å². The van der Waals surface area contributed by atoms with E-state index in [1.165, 1.54) is 0 Å². The molecule has 3 N–H and O–H groups in total. The number of aromatic nitrogens is 4. The van der Waals surface area contributed by atoms with E-state index in [1.807, 2.05) is 54.6 Å². The number of fused-ring (bicyclic) bond motifs is 1. The van der Waals surface area contributed by atoms with Crippen molar-refractivity contribution in [1.29, 1.82) is 0 Å². The zero-order valence-electron chi connectivity index (χ0n) is 18.6. The van der Waals surface area contributed by atoms with Gasteiger partial charge in [-0.15, -0.1) is 15.3 Å². The molecule has 1 aliphatic rings. The molecule has 10 nitrogen and oxygen atoms in total. The summed E-state index contributed by atoms with van der Waals surface area (Å²) < 4.78 is 12.7. The van der Waals surface area contributed by atoms with Gasteiger partial charge in [-0.05, 0) is 30.2 Å². The molecular formula is C24H25N7O3. The summed E-state index contributed by atoms with van der Waals surface area (Å²) >= 11 is 0. The highest BCUT2D eigenvalue weighted by atomic mass is 16.5. The van der Waals surface area contributed by atoms with Crippen molar-refractivity contribution in [2.45, 2.75) is 18.5 Å². The van der Waals surface area contributed by atoms with Gasteiger partial charge in [0.2, 0.25) is 11.8 Å². The Morgan fingerprint density at radius 2 is 1.97 bits per heavy atom. The van der Waals surface area contributed by atoms with Crippen LogP contribution in [0.5, 0.6) is 11.6 Å². The molecule has 2 atom stereocenters. The Morgan fingerprint density at radius 1 is 1.09 bits per heavy atom. The minimum absolute atomic E-state index is 0.0284. The first-order valence-corrected chi connectivity index (χ1v) is 11.0. The molecule has 5 rings (SSSR count). The predicted octanol–water partition coefficient (Wildman–Crippen LogP) is 1.90. The lowest BCUT2D eigenvalue weighted by Crippen LogP contribution is -2.44. The van der Waals surface area contributed by atoms with Crippen molar-refractivity contribution >= 4 is 11.6 Å². The van der Waals surface area contributed by atoms with Gasteiger partial charge in [-0.3, -0.25) is 4.79 Å². The second-order valence-electron chi connectivity index (χ2n) is 7.88. The van der Waals surface area contributed by atoms with Gasteiger partial charge in [0.15, 0.2) is 11.5 Å². The van der Waals surface area contributed by atoms with Crippen molar-refractivity contribution in [2.24, 2.45) is 0 Å². The summed E-state index contributed by atoms with van der Waals surface area (Å²) in [5, 5.41) is 15.8. The van der Waals surface area contributed by atoms with Gasteiger partial charge in [-0.1, -0.05) is 42.5 Å². The molecule has 2 unspecified atom stereocenters. The first-order chi connectivity index (χ1) is 16.7. The van der Waals surface area contributed by atoms with Crippen molar-refractivity contribution < 1.29 is 14.3 Å². The molecule has 0 bridgehead atoms. The number of hydrogen-bond donors (Lipinski definition) is 3. The summed E-state index contributed by atoms with van der Waals surface area (Å²) in [4.78, 5) is 12.6. The first-order valence-electron chi connectivity index (χ1n) is 11.0. The van der Waals surface area contributed by atoms with Crippen molar-refractivity contribution in [2.75, 3.05) is 20.3 Å². The zero-order chi connectivity index (χ0) is 23.3. The number of nitrogens with zero attached hydrogens (tertiary/aromatic N) is 4. The van der Waals surface area contributed by atoms with Crippen LogP contribution in [0.25, 0.3) is 17.0 Å². The van der Waals surface area contributed by atoms with Crippen LogP contribution in [0, 0.1) is 0 Å². The molecule has 1 fully saturated rings. The van der Waals surface area contributed by atoms with E-state index < -0.39 is 0 Å². The number of carbonyl (C=O) groups excluding carboxylic acids is 1. The minimum atomic E-state index is -0.337. The lowest BCUT2D eigenvalue weighted by molar-refractivity contribution is -0.123. The standard InChI is InChI=1S/C24H25N7O3/c1-33-18-9-5-8-17(14-18)19-15-20(27-26-19)24(32)25-12-13-34-22-11-10-21-28-29-23(31(21)30-22)16-6-3-2-4-7-16/h2-11,14,19-20,26-27H,12-13,15H2,1H3,(H,25,32). The van der Waals surface area contributed by atoms with E-state index in [9.17, 15) is 4.79 Å². The zero-order valence-corrected chi connectivity index (χ0v) is 18.6. The normalized spacial score (nSPS) is 17.6. The van der Waals surface area contributed by atoms with Gasteiger partial charge in [-0.2, -0.15) is 4.52 Å². The molecule has 1 amide bonds. The second-order valence-corrected chi connectivity index (χ2v) is 7.88. The van der Waals surface area contributed by atoms with Crippen LogP contribution < -0.4 is 25.6 Å². The maximum Gasteiger partial charge on any atom is 0.238 e. The van der Waals surface area contributed by atoms with Gasteiger partial charge in [-0.25, -0.2) is 10.9 Å².